The van der Waals surface area contributed by atoms with Gasteiger partial charge in [-0.2, -0.15) is 0 Å². The van der Waals surface area contributed by atoms with Crippen LogP contribution in [0, 0.1) is 0 Å². The van der Waals surface area contributed by atoms with Crippen molar-refractivity contribution in [3.63, 3.8) is 0 Å². The Morgan fingerprint density at radius 1 is 0.355 bits per heavy atom. The van der Waals surface area contributed by atoms with Gasteiger partial charge in [-0.25, -0.2) is 0 Å². The highest BCUT2D eigenvalue weighted by atomic mass is 15.2. The minimum absolute atomic E-state index is 0.132. The molecule has 2 aliphatic rings. The first kappa shape index (κ1) is 36.4. The van der Waals surface area contributed by atoms with Crippen LogP contribution in [-0.2, 0) is 10.8 Å². The largest absolute Gasteiger partial charge is 0.310 e. The zero-order chi connectivity index (χ0) is 41.7. The maximum absolute atomic E-state index is 2.59. The molecule has 296 valence electrons. The first-order chi connectivity index (χ1) is 30.3. The zero-order valence-corrected chi connectivity index (χ0v) is 35.5. The standard InChI is InChI=1S/C60H46N2/c1-59(2)51-28-15-14-27-47(51)48-36-34-42(38-53(48)59)61(41-21-6-5-7-22-41)55-31-18-32-56-57(55)60(3,4)52-29-16-17-30-54(52)62(56)58-44-24-11-8-19-39(44)33-35-49(58)50-37-40-20-9-10-23-43(40)45-25-12-13-26-46(45)50/h5-38H,1-4H3. The van der Waals surface area contributed by atoms with Crippen LogP contribution in [-0.4, -0.2) is 0 Å². The summed E-state index contributed by atoms with van der Waals surface area (Å²) in [5.74, 6) is 0. The summed E-state index contributed by atoms with van der Waals surface area (Å²) in [5.41, 5.74) is 16.9. The lowest BCUT2D eigenvalue weighted by Crippen LogP contribution is -2.32. The number of para-hydroxylation sites is 2. The number of benzene rings is 10. The minimum atomic E-state index is -0.362. The molecule has 0 spiro atoms. The average molecular weight is 795 g/mol. The van der Waals surface area contributed by atoms with Crippen LogP contribution in [0.5, 0.6) is 0 Å². The second-order valence-corrected chi connectivity index (χ2v) is 18.1. The summed E-state index contributed by atoms with van der Waals surface area (Å²) in [6.07, 6.45) is 0. The van der Waals surface area contributed by atoms with Crippen LogP contribution in [0.2, 0.25) is 0 Å². The molecule has 0 atom stereocenters. The predicted molar refractivity (Wildman–Crippen MR) is 263 cm³/mol. The van der Waals surface area contributed by atoms with Crippen LogP contribution in [0.4, 0.5) is 34.1 Å². The van der Waals surface area contributed by atoms with Crippen molar-refractivity contribution in [2.45, 2.75) is 38.5 Å². The fraction of sp³-hybridized carbons (Fsp3) is 0.100. The molecule has 1 aliphatic heterocycles. The van der Waals surface area contributed by atoms with Gasteiger partial charge in [0.2, 0.25) is 0 Å². The molecule has 10 aromatic carbocycles. The summed E-state index contributed by atoms with van der Waals surface area (Å²) in [6, 6.07) is 76.8. The second-order valence-electron chi connectivity index (χ2n) is 18.1. The molecular formula is C60H46N2. The van der Waals surface area contributed by atoms with E-state index in [1.165, 1.54) is 99.6 Å². The highest BCUT2D eigenvalue weighted by molar-refractivity contribution is 6.17. The van der Waals surface area contributed by atoms with E-state index >= 15 is 0 Å². The van der Waals surface area contributed by atoms with Crippen molar-refractivity contribution in [2.24, 2.45) is 0 Å². The summed E-state index contributed by atoms with van der Waals surface area (Å²) in [7, 11) is 0. The Kier molecular flexibility index (Phi) is 7.96. The third kappa shape index (κ3) is 5.23. The minimum Gasteiger partial charge on any atom is -0.310 e. The molecule has 0 fully saturated rings. The second kappa shape index (κ2) is 13.5. The Hall–Kier alpha value is -7.42. The number of fused-ring (bicyclic) bond motifs is 9. The number of hydrogen-bond donors (Lipinski definition) is 0. The van der Waals surface area contributed by atoms with Crippen LogP contribution in [0.3, 0.4) is 0 Å². The van der Waals surface area contributed by atoms with E-state index in [0.717, 1.165) is 11.4 Å². The molecule has 0 amide bonds. The average Bonchev–Trinajstić information content (AvgIpc) is 3.54. The maximum Gasteiger partial charge on any atom is 0.0618 e. The number of rotatable bonds is 5. The fourth-order valence-electron chi connectivity index (χ4n) is 11.1. The molecule has 12 rings (SSSR count). The van der Waals surface area contributed by atoms with E-state index in [2.05, 4.69) is 244 Å². The van der Waals surface area contributed by atoms with E-state index in [4.69, 9.17) is 0 Å². The number of anilines is 6. The summed E-state index contributed by atoms with van der Waals surface area (Å²) in [6.45, 7) is 9.57. The summed E-state index contributed by atoms with van der Waals surface area (Å²) >= 11 is 0. The Balaban J connectivity index is 1.16. The third-order valence-electron chi connectivity index (χ3n) is 14.0. The van der Waals surface area contributed by atoms with Gasteiger partial charge in [0.1, 0.15) is 0 Å². The van der Waals surface area contributed by atoms with Gasteiger partial charge in [0.15, 0.2) is 0 Å². The molecule has 62 heavy (non-hydrogen) atoms. The highest BCUT2D eigenvalue weighted by Crippen LogP contribution is 2.59. The van der Waals surface area contributed by atoms with E-state index in [1.807, 2.05) is 0 Å². The van der Waals surface area contributed by atoms with Crippen molar-refractivity contribution in [1.29, 1.82) is 0 Å². The Morgan fingerprint density at radius 2 is 0.968 bits per heavy atom. The van der Waals surface area contributed by atoms with Gasteiger partial charge in [-0.3, -0.25) is 0 Å². The molecule has 0 aromatic heterocycles. The highest BCUT2D eigenvalue weighted by Gasteiger charge is 2.42. The molecule has 1 heterocycles. The van der Waals surface area contributed by atoms with Gasteiger partial charge in [0, 0.05) is 38.7 Å². The lowest BCUT2D eigenvalue weighted by molar-refractivity contribution is 0.632. The zero-order valence-electron chi connectivity index (χ0n) is 35.5. The van der Waals surface area contributed by atoms with Crippen LogP contribution in [0.25, 0.3) is 54.6 Å². The van der Waals surface area contributed by atoms with Gasteiger partial charge in [-0.05, 0) is 109 Å². The Bertz CT molecular complexity index is 3430. The van der Waals surface area contributed by atoms with Crippen molar-refractivity contribution in [3.8, 4) is 22.3 Å². The van der Waals surface area contributed by atoms with Gasteiger partial charge in [-0.1, -0.05) is 185 Å². The molecule has 2 nitrogen and oxygen atoms in total. The number of hydrogen-bond acceptors (Lipinski definition) is 2. The van der Waals surface area contributed by atoms with E-state index in [0.29, 0.717) is 0 Å². The maximum atomic E-state index is 2.59. The molecule has 2 heteroatoms. The molecule has 0 bridgehead atoms. The molecular weight excluding hydrogens is 749 g/mol. The Labute approximate surface area is 364 Å². The van der Waals surface area contributed by atoms with Gasteiger partial charge in [0.25, 0.3) is 0 Å². The third-order valence-corrected chi connectivity index (χ3v) is 14.0. The van der Waals surface area contributed by atoms with Crippen LogP contribution in [0.15, 0.2) is 206 Å². The first-order valence-corrected chi connectivity index (χ1v) is 21.9. The van der Waals surface area contributed by atoms with E-state index in [-0.39, 0.29) is 10.8 Å². The normalized spacial score (nSPS) is 14.4. The van der Waals surface area contributed by atoms with Crippen molar-refractivity contribution in [1.82, 2.24) is 0 Å². The van der Waals surface area contributed by atoms with Crippen molar-refractivity contribution < 1.29 is 0 Å². The monoisotopic (exact) mass is 794 g/mol. The van der Waals surface area contributed by atoms with Crippen LogP contribution in [0.1, 0.15) is 49.9 Å². The molecule has 10 aromatic rings. The summed E-state index contributed by atoms with van der Waals surface area (Å²) in [5, 5.41) is 7.45. The molecule has 0 radical (unpaired) electrons. The smallest absolute Gasteiger partial charge is 0.0618 e. The van der Waals surface area contributed by atoms with Crippen molar-refractivity contribution >= 4 is 66.4 Å². The van der Waals surface area contributed by atoms with Gasteiger partial charge in [-0.15, -0.1) is 0 Å². The SMILES string of the molecule is CC1(C)c2ccccc2-c2ccc(N(c3ccccc3)c3cccc4c3C(C)(C)c3ccccc3N4c3c(-c4cc5ccccc5c5ccccc45)ccc4ccccc34)cc21. The quantitative estimate of drug-likeness (QED) is 0.160. The lowest BCUT2D eigenvalue weighted by atomic mass is 9.72. The lowest BCUT2D eigenvalue weighted by Gasteiger charge is -2.45. The molecule has 0 saturated heterocycles. The van der Waals surface area contributed by atoms with E-state index < -0.39 is 0 Å². The van der Waals surface area contributed by atoms with Crippen molar-refractivity contribution in [3.05, 3.63) is 229 Å². The van der Waals surface area contributed by atoms with Crippen LogP contribution < -0.4 is 9.80 Å². The Morgan fingerprint density at radius 3 is 1.79 bits per heavy atom. The van der Waals surface area contributed by atoms with Gasteiger partial charge < -0.3 is 9.80 Å². The van der Waals surface area contributed by atoms with Gasteiger partial charge >= 0.3 is 0 Å². The van der Waals surface area contributed by atoms with Crippen molar-refractivity contribution in [2.75, 3.05) is 9.80 Å². The summed E-state index contributed by atoms with van der Waals surface area (Å²) < 4.78 is 0. The molecule has 0 N–H and O–H groups in total. The first-order valence-electron chi connectivity index (χ1n) is 21.9. The molecule has 1 aliphatic carbocycles. The topological polar surface area (TPSA) is 6.48 Å². The van der Waals surface area contributed by atoms with E-state index in [1.54, 1.807) is 0 Å². The molecule has 0 saturated carbocycles. The predicted octanol–water partition coefficient (Wildman–Crippen LogP) is 16.7. The van der Waals surface area contributed by atoms with E-state index in [9.17, 15) is 0 Å². The van der Waals surface area contributed by atoms with Crippen LogP contribution >= 0.6 is 0 Å². The fourth-order valence-corrected chi connectivity index (χ4v) is 11.1. The molecule has 0 unspecified atom stereocenters. The summed E-state index contributed by atoms with van der Waals surface area (Å²) in [4.78, 5) is 5.10. The van der Waals surface area contributed by atoms with Gasteiger partial charge in [0.05, 0.1) is 22.7 Å². The number of nitrogens with zero attached hydrogens (tertiary/aromatic N) is 2.